The van der Waals surface area contributed by atoms with Crippen molar-refractivity contribution in [1.82, 2.24) is 19.7 Å². The highest BCUT2D eigenvalue weighted by atomic mass is 16.2. The third kappa shape index (κ3) is 4.27. The van der Waals surface area contributed by atoms with Gasteiger partial charge in [-0.3, -0.25) is 14.6 Å². The first-order valence-corrected chi connectivity index (χ1v) is 10.5. The third-order valence-corrected chi connectivity index (χ3v) is 5.34. The number of nitrogens with two attached hydrogens (primary N) is 1. The van der Waals surface area contributed by atoms with E-state index in [2.05, 4.69) is 22.3 Å². The van der Waals surface area contributed by atoms with Gasteiger partial charge in [0.05, 0.1) is 29.5 Å². The molecule has 0 bridgehead atoms. The number of aromatic nitrogens is 4. The highest BCUT2D eigenvalue weighted by Crippen LogP contribution is 2.33. The molecule has 0 saturated heterocycles. The summed E-state index contributed by atoms with van der Waals surface area (Å²) in [7, 11) is 0. The van der Waals surface area contributed by atoms with Crippen molar-refractivity contribution < 1.29 is 4.79 Å². The van der Waals surface area contributed by atoms with Gasteiger partial charge in [0.15, 0.2) is 5.82 Å². The van der Waals surface area contributed by atoms with Gasteiger partial charge in [-0.1, -0.05) is 19.8 Å². The van der Waals surface area contributed by atoms with Crippen LogP contribution in [0.4, 0.5) is 22.0 Å². The predicted octanol–water partition coefficient (Wildman–Crippen LogP) is 4.31. The first kappa shape index (κ1) is 19.9. The van der Waals surface area contributed by atoms with E-state index in [1.807, 2.05) is 29.1 Å². The summed E-state index contributed by atoms with van der Waals surface area (Å²) in [6.45, 7) is 2.96. The van der Waals surface area contributed by atoms with E-state index >= 15 is 0 Å². The molecule has 2 amide bonds. The SMILES string of the molecule is CCCn1cc(-c2ccc(N)c(N(C(=O)Nc3cccnc3)C3CCCC3)n2)cn1. The monoisotopic (exact) mass is 405 g/mol. The molecule has 3 N–H and O–H groups in total. The van der Waals surface area contributed by atoms with Gasteiger partial charge >= 0.3 is 6.03 Å². The largest absolute Gasteiger partial charge is 0.396 e. The average molecular weight is 406 g/mol. The number of aryl methyl sites for hydroxylation is 1. The van der Waals surface area contributed by atoms with Gasteiger partial charge in [0.2, 0.25) is 0 Å². The second-order valence-corrected chi connectivity index (χ2v) is 7.58. The molecular formula is C22H27N7O. The van der Waals surface area contributed by atoms with Crippen LogP contribution in [0.2, 0.25) is 0 Å². The molecule has 3 aromatic heterocycles. The van der Waals surface area contributed by atoms with Crippen LogP contribution in [0.15, 0.2) is 49.1 Å². The van der Waals surface area contributed by atoms with E-state index in [9.17, 15) is 4.79 Å². The van der Waals surface area contributed by atoms with Crippen molar-refractivity contribution >= 4 is 23.2 Å². The molecule has 4 rings (SSSR count). The number of hydrogen-bond acceptors (Lipinski definition) is 5. The van der Waals surface area contributed by atoms with E-state index in [0.717, 1.165) is 49.9 Å². The number of carbonyl (C=O) groups excluding carboxylic acids is 1. The minimum Gasteiger partial charge on any atom is -0.396 e. The molecule has 3 heterocycles. The second kappa shape index (κ2) is 8.94. The fraction of sp³-hybridized carbons (Fsp3) is 0.364. The van der Waals surface area contributed by atoms with E-state index in [0.29, 0.717) is 17.2 Å². The minimum absolute atomic E-state index is 0.0644. The number of nitrogen functional groups attached to an aromatic ring is 1. The quantitative estimate of drug-likeness (QED) is 0.636. The Kier molecular flexibility index (Phi) is 5.92. The number of urea groups is 1. The molecule has 1 saturated carbocycles. The number of hydrogen-bond donors (Lipinski definition) is 2. The van der Waals surface area contributed by atoms with Gasteiger partial charge in [-0.15, -0.1) is 0 Å². The molecule has 0 aliphatic heterocycles. The number of amides is 2. The number of carbonyl (C=O) groups is 1. The number of nitrogens with one attached hydrogen (secondary N) is 1. The summed E-state index contributed by atoms with van der Waals surface area (Å²) >= 11 is 0. The molecule has 0 atom stereocenters. The molecule has 1 fully saturated rings. The number of nitrogens with zero attached hydrogens (tertiary/aromatic N) is 5. The van der Waals surface area contributed by atoms with Gasteiger partial charge in [0, 0.05) is 30.5 Å². The Hall–Kier alpha value is -3.42. The molecule has 1 aliphatic carbocycles. The summed E-state index contributed by atoms with van der Waals surface area (Å²) in [6.07, 6.45) is 12.1. The van der Waals surface area contributed by atoms with Crippen LogP contribution in [-0.4, -0.2) is 31.8 Å². The van der Waals surface area contributed by atoms with Crippen molar-refractivity contribution in [3.05, 3.63) is 49.1 Å². The van der Waals surface area contributed by atoms with Crippen molar-refractivity contribution in [1.29, 1.82) is 0 Å². The lowest BCUT2D eigenvalue weighted by Gasteiger charge is -2.29. The molecule has 0 unspecified atom stereocenters. The van der Waals surface area contributed by atoms with Crippen LogP contribution >= 0.6 is 0 Å². The maximum atomic E-state index is 13.3. The normalized spacial score (nSPS) is 14.0. The van der Waals surface area contributed by atoms with Gasteiger partial charge in [-0.05, 0) is 43.5 Å². The molecule has 156 valence electrons. The summed E-state index contributed by atoms with van der Waals surface area (Å²) in [5.41, 5.74) is 9.08. The maximum Gasteiger partial charge on any atom is 0.327 e. The van der Waals surface area contributed by atoms with Crippen molar-refractivity contribution in [2.75, 3.05) is 16.0 Å². The number of rotatable bonds is 6. The topological polar surface area (TPSA) is 102 Å². The highest BCUT2D eigenvalue weighted by molar-refractivity contribution is 6.03. The zero-order chi connectivity index (χ0) is 20.9. The summed E-state index contributed by atoms with van der Waals surface area (Å²) in [6, 6.07) is 7.11. The van der Waals surface area contributed by atoms with Crippen molar-refractivity contribution in [2.45, 2.75) is 51.6 Å². The number of pyridine rings is 2. The average Bonchev–Trinajstić information content (AvgIpc) is 3.43. The van der Waals surface area contributed by atoms with Gasteiger partial charge in [-0.2, -0.15) is 5.10 Å². The predicted molar refractivity (Wildman–Crippen MR) is 118 cm³/mol. The van der Waals surface area contributed by atoms with Crippen LogP contribution in [0.1, 0.15) is 39.0 Å². The van der Waals surface area contributed by atoms with Crippen LogP contribution in [0.25, 0.3) is 11.3 Å². The van der Waals surface area contributed by atoms with E-state index in [4.69, 9.17) is 10.7 Å². The van der Waals surface area contributed by atoms with Crippen LogP contribution in [0, 0.1) is 0 Å². The zero-order valence-electron chi connectivity index (χ0n) is 17.2. The van der Waals surface area contributed by atoms with Crippen molar-refractivity contribution in [3.63, 3.8) is 0 Å². The van der Waals surface area contributed by atoms with E-state index in [1.165, 1.54) is 0 Å². The number of anilines is 3. The zero-order valence-corrected chi connectivity index (χ0v) is 17.2. The van der Waals surface area contributed by atoms with Crippen molar-refractivity contribution in [3.8, 4) is 11.3 Å². The Balaban J connectivity index is 1.68. The van der Waals surface area contributed by atoms with E-state index in [-0.39, 0.29) is 12.1 Å². The maximum absolute atomic E-state index is 13.3. The molecule has 3 aromatic rings. The smallest absolute Gasteiger partial charge is 0.327 e. The molecule has 30 heavy (non-hydrogen) atoms. The molecule has 1 aliphatic rings. The van der Waals surface area contributed by atoms with Gasteiger partial charge < -0.3 is 11.1 Å². The van der Waals surface area contributed by atoms with E-state index in [1.54, 1.807) is 29.6 Å². The summed E-state index contributed by atoms with van der Waals surface area (Å²) < 4.78 is 1.90. The van der Waals surface area contributed by atoms with Gasteiger partial charge in [0.25, 0.3) is 0 Å². The third-order valence-electron chi connectivity index (χ3n) is 5.34. The highest BCUT2D eigenvalue weighted by Gasteiger charge is 2.31. The fourth-order valence-corrected chi connectivity index (χ4v) is 3.88. The minimum atomic E-state index is -0.243. The second-order valence-electron chi connectivity index (χ2n) is 7.58. The molecule has 0 aromatic carbocycles. The Morgan fingerprint density at radius 3 is 2.83 bits per heavy atom. The van der Waals surface area contributed by atoms with Crippen LogP contribution in [0.5, 0.6) is 0 Å². The summed E-state index contributed by atoms with van der Waals surface area (Å²) in [5.74, 6) is 0.490. The Morgan fingerprint density at radius 1 is 1.27 bits per heavy atom. The Morgan fingerprint density at radius 2 is 2.10 bits per heavy atom. The lowest BCUT2D eigenvalue weighted by molar-refractivity contribution is 0.254. The standard InChI is InChI=1S/C22H27N7O/c1-2-12-28-15-16(13-25-28)20-10-9-19(23)21(27-20)29(18-7-3-4-8-18)22(30)26-17-6-5-11-24-14-17/h5-6,9-11,13-15,18H,2-4,7-8,12,23H2,1H3,(H,26,30). The first-order chi connectivity index (χ1) is 14.7. The van der Waals surface area contributed by atoms with Crippen LogP contribution in [-0.2, 0) is 6.54 Å². The molecule has 0 spiro atoms. The van der Waals surface area contributed by atoms with Crippen LogP contribution < -0.4 is 16.0 Å². The fourth-order valence-electron chi connectivity index (χ4n) is 3.88. The summed E-state index contributed by atoms with van der Waals surface area (Å²) in [5, 5.41) is 7.33. The van der Waals surface area contributed by atoms with Gasteiger partial charge in [0.1, 0.15) is 0 Å². The first-order valence-electron chi connectivity index (χ1n) is 10.5. The Labute approximate surface area is 176 Å². The van der Waals surface area contributed by atoms with Gasteiger partial charge in [-0.25, -0.2) is 9.78 Å². The Bertz CT molecular complexity index is 996. The molecule has 0 radical (unpaired) electrons. The van der Waals surface area contributed by atoms with Crippen LogP contribution in [0.3, 0.4) is 0 Å². The van der Waals surface area contributed by atoms with Crippen molar-refractivity contribution in [2.24, 2.45) is 0 Å². The lowest BCUT2D eigenvalue weighted by atomic mass is 10.2. The molecular weight excluding hydrogens is 378 g/mol. The summed E-state index contributed by atoms with van der Waals surface area (Å²) in [4.78, 5) is 23.8. The molecule has 8 nitrogen and oxygen atoms in total. The van der Waals surface area contributed by atoms with E-state index < -0.39 is 0 Å². The lowest BCUT2D eigenvalue weighted by Crippen LogP contribution is -2.43. The molecule has 8 heteroatoms.